The third kappa shape index (κ3) is 2.15. The van der Waals surface area contributed by atoms with Crippen LogP contribution in [0.15, 0.2) is 10.9 Å². The van der Waals surface area contributed by atoms with Crippen LogP contribution in [-0.4, -0.2) is 4.98 Å². The van der Waals surface area contributed by atoms with Gasteiger partial charge in [-0.15, -0.1) is 0 Å². The average molecular weight is 252 g/mol. The number of aromatic amines is 1. The molecular weight excluding hydrogens is 244 g/mol. The maximum absolute atomic E-state index is 12.4. The molecular formula is C8H8BrF2NO. The summed E-state index contributed by atoms with van der Waals surface area (Å²) in [6.07, 6.45) is -2.60. The first kappa shape index (κ1) is 10.4. The second-order valence-electron chi connectivity index (χ2n) is 2.64. The van der Waals surface area contributed by atoms with E-state index in [1.165, 1.54) is 13.0 Å². The molecule has 0 aliphatic heterocycles. The SMILES string of the molecule is Cc1c(C(F)F)cc(CBr)[nH]c1=O. The smallest absolute Gasteiger partial charge is 0.264 e. The number of nitrogens with one attached hydrogen (secondary N) is 1. The highest BCUT2D eigenvalue weighted by Crippen LogP contribution is 2.21. The topological polar surface area (TPSA) is 32.9 Å². The van der Waals surface area contributed by atoms with Gasteiger partial charge in [0, 0.05) is 22.2 Å². The van der Waals surface area contributed by atoms with Crippen molar-refractivity contribution in [3.8, 4) is 0 Å². The van der Waals surface area contributed by atoms with E-state index < -0.39 is 12.0 Å². The molecule has 2 nitrogen and oxygen atoms in total. The van der Waals surface area contributed by atoms with Crippen molar-refractivity contribution in [2.75, 3.05) is 0 Å². The van der Waals surface area contributed by atoms with E-state index in [1.54, 1.807) is 0 Å². The molecule has 1 aromatic rings. The third-order valence-electron chi connectivity index (χ3n) is 1.76. The lowest BCUT2D eigenvalue weighted by atomic mass is 10.1. The molecule has 5 heteroatoms. The summed E-state index contributed by atoms with van der Waals surface area (Å²) in [5.74, 6) is 0. The molecule has 0 unspecified atom stereocenters. The first-order valence-electron chi connectivity index (χ1n) is 3.63. The highest BCUT2D eigenvalue weighted by Gasteiger charge is 2.13. The van der Waals surface area contributed by atoms with Crippen LogP contribution in [-0.2, 0) is 5.33 Å². The molecule has 1 rings (SSSR count). The second-order valence-corrected chi connectivity index (χ2v) is 3.20. The fourth-order valence-electron chi connectivity index (χ4n) is 1.00. The maximum atomic E-state index is 12.4. The Bertz CT molecular complexity index is 362. The van der Waals surface area contributed by atoms with Crippen LogP contribution in [0.4, 0.5) is 8.78 Å². The van der Waals surface area contributed by atoms with Gasteiger partial charge in [-0.1, -0.05) is 15.9 Å². The van der Waals surface area contributed by atoms with Gasteiger partial charge in [-0.3, -0.25) is 4.79 Å². The molecule has 0 aromatic carbocycles. The van der Waals surface area contributed by atoms with E-state index in [1.807, 2.05) is 0 Å². The van der Waals surface area contributed by atoms with Crippen molar-refractivity contribution in [3.05, 3.63) is 33.2 Å². The van der Waals surface area contributed by atoms with Gasteiger partial charge in [0.15, 0.2) is 0 Å². The summed E-state index contributed by atoms with van der Waals surface area (Å²) in [5.41, 5.74) is -0.101. The number of H-pyrrole nitrogens is 1. The number of alkyl halides is 3. The minimum absolute atomic E-state index is 0.0831. The molecule has 0 spiro atoms. The molecule has 0 atom stereocenters. The van der Waals surface area contributed by atoms with Gasteiger partial charge in [-0.05, 0) is 13.0 Å². The normalized spacial score (nSPS) is 10.8. The van der Waals surface area contributed by atoms with Crippen LogP contribution >= 0.6 is 15.9 Å². The molecule has 0 radical (unpaired) electrons. The monoisotopic (exact) mass is 251 g/mol. The Balaban J connectivity index is 3.33. The number of rotatable bonds is 2. The first-order valence-corrected chi connectivity index (χ1v) is 4.75. The highest BCUT2D eigenvalue weighted by atomic mass is 79.9. The van der Waals surface area contributed by atoms with Crippen LogP contribution in [0.5, 0.6) is 0 Å². The van der Waals surface area contributed by atoms with Gasteiger partial charge in [0.05, 0.1) is 0 Å². The molecule has 0 saturated carbocycles. The molecule has 0 aliphatic carbocycles. The van der Waals surface area contributed by atoms with Crippen LogP contribution in [0.3, 0.4) is 0 Å². The predicted molar refractivity (Wildman–Crippen MR) is 49.4 cm³/mol. The maximum Gasteiger partial charge on any atom is 0.264 e. The van der Waals surface area contributed by atoms with E-state index in [0.717, 1.165) is 0 Å². The summed E-state index contributed by atoms with van der Waals surface area (Å²) >= 11 is 3.08. The lowest BCUT2D eigenvalue weighted by Gasteiger charge is -2.05. The molecule has 1 heterocycles. The van der Waals surface area contributed by atoms with Crippen LogP contribution in [0.1, 0.15) is 23.2 Å². The van der Waals surface area contributed by atoms with E-state index in [9.17, 15) is 13.6 Å². The van der Waals surface area contributed by atoms with E-state index >= 15 is 0 Å². The minimum Gasteiger partial charge on any atom is -0.325 e. The number of pyridine rings is 1. The van der Waals surface area contributed by atoms with Gasteiger partial charge in [-0.25, -0.2) is 8.78 Å². The van der Waals surface area contributed by atoms with Crippen molar-refractivity contribution in [2.24, 2.45) is 0 Å². The molecule has 0 fully saturated rings. The van der Waals surface area contributed by atoms with Crippen molar-refractivity contribution >= 4 is 15.9 Å². The van der Waals surface area contributed by atoms with E-state index in [-0.39, 0.29) is 11.1 Å². The van der Waals surface area contributed by atoms with Crippen LogP contribution in [0.2, 0.25) is 0 Å². The Labute approximate surface area is 82.1 Å². The quantitative estimate of drug-likeness (QED) is 0.806. The fraction of sp³-hybridized carbons (Fsp3) is 0.375. The van der Waals surface area contributed by atoms with Gasteiger partial charge in [-0.2, -0.15) is 0 Å². The van der Waals surface area contributed by atoms with Crippen LogP contribution in [0, 0.1) is 6.92 Å². The standard InChI is InChI=1S/C8H8BrF2NO/c1-4-6(7(10)11)2-5(3-9)12-8(4)13/h2,7H,3H2,1H3,(H,12,13). The zero-order valence-electron chi connectivity index (χ0n) is 6.90. The van der Waals surface area contributed by atoms with E-state index in [0.29, 0.717) is 11.0 Å². The van der Waals surface area contributed by atoms with Gasteiger partial charge in [0.2, 0.25) is 0 Å². The largest absolute Gasteiger partial charge is 0.325 e. The van der Waals surface area contributed by atoms with Crippen molar-refractivity contribution in [1.82, 2.24) is 4.98 Å². The van der Waals surface area contributed by atoms with Crippen LogP contribution < -0.4 is 5.56 Å². The number of halogens is 3. The second kappa shape index (κ2) is 4.00. The molecule has 1 aromatic heterocycles. The summed E-state index contributed by atoms with van der Waals surface area (Å²) in [5, 5.41) is 0.363. The van der Waals surface area contributed by atoms with Gasteiger partial charge >= 0.3 is 0 Å². The van der Waals surface area contributed by atoms with Gasteiger partial charge in [0.1, 0.15) is 0 Å². The summed E-state index contributed by atoms with van der Waals surface area (Å²) < 4.78 is 24.7. The lowest BCUT2D eigenvalue weighted by molar-refractivity contribution is 0.150. The highest BCUT2D eigenvalue weighted by molar-refractivity contribution is 9.08. The number of aromatic nitrogens is 1. The van der Waals surface area contributed by atoms with E-state index in [2.05, 4.69) is 20.9 Å². The lowest BCUT2D eigenvalue weighted by Crippen LogP contribution is -2.14. The predicted octanol–water partition coefficient (Wildman–Crippen LogP) is 2.52. The molecule has 13 heavy (non-hydrogen) atoms. The first-order chi connectivity index (χ1) is 6.06. The Morgan fingerprint density at radius 1 is 1.62 bits per heavy atom. The van der Waals surface area contributed by atoms with Crippen molar-refractivity contribution in [1.29, 1.82) is 0 Å². The Morgan fingerprint density at radius 3 is 2.69 bits per heavy atom. The van der Waals surface area contributed by atoms with Gasteiger partial charge < -0.3 is 4.98 Å². The molecule has 1 N–H and O–H groups in total. The van der Waals surface area contributed by atoms with Crippen LogP contribution in [0.25, 0.3) is 0 Å². The summed E-state index contributed by atoms with van der Waals surface area (Å²) in [4.78, 5) is 13.6. The minimum atomic E-state index is -2.60. The molecule has 72 valence electrons. The Hall–Kier alpha value is -0.710. The number of hydrogen-bond acceptors (Lipinski definition) is 1. The molecule has 0 amide bonds. The van der Waals surface area contributed by atoms with Crippen molar-refractivity contribution in [2.45, 2.75) is 18.7 Å². The van der Waals surface area contributed by atoms with Crippen molar-refractivity contribution in [3.63, 3.8) is 0 Å². The summed E-state index contributed by atoms with van der Waals surface area (Å²) in [6.45, 7) is 1.39. The summed E-state index contributed by atoms with van der Waals surface area (Å²) in [7, 11) is 0. The van der Waals surface area contributed by atoms with Gasteiger partial charge in [0.25, 0.3) is 12.0 Å². The molecule has 0 saturated heterocycles. The molecule has 0 bridgehead atoms. The van der Waals surface area contributed by atoms with E-state index in [4.69, 9.17) is 0 Å². The number of hydrogen-bond donors (Lipinski definition) is 1. The summed E-state index contributed by atoms with van der Waals surface area (Å²) in [6, 6.07) is 1.30. The average Bonchev–Trinajstić information content (AvgIpc) is 2.09. The Kier molecular flexibility index (Phi) is 3.19. The molecule has 0 aliphatic rings. The van der Waals surface area contributed by atoms with Crippen molar-refractivity contribution < 1.29 is 8.78 Å². The third-order valence-corrected chi connectivity index (χ3v) is 2.36. The zero-order chi connectivity index (χ0) is 10.0. The fourth-order valence-corrected chi connectivity index (χ4v) is 1.30. The zero-order valence-corrected chi connectivity index (χ0v) is 8.49. The Morgan fingerprint density at radius 2 is 2.23 bits per heavy atom.